The van der Waals surface area contributed by atoms with Crippen LogP contribution in [0.5, 0.6) is 0 Å². The average Bonchev–Trinajstić information content (AvgIpc) is 1.87. The highest BCUT2D eigenvalue weighted by atomic mass is 79.9. The van der Waals surface area contributed by atoms with Gasteiger partial charge < -0.3 is 0 Å². The van der Waals surface area contributed by atoms with Gasteiger partial charge in [-0.3, -0.25) is 0 Å². The second kappa shape index (κ2) is 7.33. The molecule has 0 amide bonds. The van der Waals surface area contributed by atoms with E-state index in [9.17, 15) is 0 Å². The van der Waals surface area contributed by atoms with Gasteiger partial charge >= 0.3 is 0 Å². The second-order valence-electron chi connectivity index (χ2n) is 2.64. The minimum absolute atomic E-state index is 1.23. The fraction of sp³-hybridized carbons (Fsp3) is 0.778. The Morgan fingerprint density at radius 1 is 1.30 bits per heavy atom. The van der Waals surface area contributed by atoms with Gasteiger partial charge in [-0.1, -0.05) is 48.2 Å². The van der Waals surface area contributed by atoms with Crippen molar-refractivity contribution in [1.29, 1.82) is 0 Å². The maximum atomic E-state index is 3.40. The van der Waals surface area contributed by atoms with Crippen LogP contribution in [0, 0.1) is 0 Å². The zero-order valence-corrected chi connectivity index (χ0v) is 8.58. The number of hydrogen-bond acceptors (Lipinski definition) is 0. The molecule has 0 aromatic carbocycles. The van der Waals surface area contributed by atoms with Crippen molar-refractivity contribution in [2.45, 2.75) is 46.0 Å². The summed E-state index contributed by atoms with van der Waals surface area (Å²) in [5.74, 6) is 0. The molecular weight excluding hydrogens is 188 g/mol. The van der Waals surface area contributed by atoms with Gasteiger partial charge in [-0.25, -0.2) is 0 Å². The van der Waals surface area contributed by atoms with Gasteiger partial charge in [-0.2, -0.15) is 0 Å². The topological polar surface area (TPSA) is 0 Å². The Balaban J connectivity index is 2.98. The number of unbranched alkanes of at least 4 members (excludes halogenated alkanes) is 4. The predicted molar refractivity (Wildman–Crippen MR) is 51.4 cm³/mol. The minimum Gasteiger partial charge on any atom is -0.0747 e. The average molecular weight is 205 g/mol. The molecule has 0 aliphatic heterocycles. The summed E-state index contributed by atoms with van der Waals surface area (Å²) in [6.07, 6.45) is 8.92. The lowest BCUT2D eigenvalue weighted by Gasteiger charge is -1.93. The first-order chi connectivity index (χ1) is 4.77. The Morgan fingerprint density at radius 2 is 2.00 bits per heavy atom. The smallest absolute Gasteiger partial charge is 0.0120 e. The van der Waals surface area contributed by atoms with E-state index in [1.165, 1.54) is 36.6 Å². The lowest BCUT2D eigenvalue weighted by atomic mass is 10.1. The van der Waals surface area contributed by atoms with Crippen molar-refractivity contribution in [2.24, 2.45) is 0 Å². The largest absolute Gasteiger partial charge is 0.0747 e. The van der Waals surface area contributed by atoms with Gasteiger partial charge in [0.1, 0.15) is 0 Å². The third kappa shape index (κ3) is 8.22. The fourth-order valence-corrected chi connectivity index (χ4v) is 1.10. The summed E-state index contributed by atoms with van der Waals surface area (Å²) < 4.78 is 1.27. The van der Waals surface area contributed by atoms with E-state index in [-0.39, 0.29) is 0 Å². The van der Waals surface area contributed by atoms with Crippen LogP contribution in [0.2, 0.25) is 0 Å². The van der Waals surface area contributed by atoms with Crippen molar-refractivity contribution in [3.8, 4) is 0 Å². The first-order valence-electron chi connectivity index (χ1n) is 4.09. The normalized spacial score (nSPS) is 12.1. The van der Waals surface area contributed by atoms with Gasteiger partial charge in [0.2, 0.25) is 0 Å². The molecule has 0 atom stereocenters. The van der Waals surface area contributed by atoms with E-state index in [1.807, 2.05) is 0 Å². The van der Waals surface area contributed by atoms with Crippen LogP contribution in [0.1, 0.15) is 46.0 Å². The number of rotatable bonds is 5. The Bertz CT molecular complexity index is 90.9. The maximum absolute atomic E-state index is 3.40. The summed E-state index contributed by atoms with van der Waals surface area (Å²) in [4.78, 5) is 0. The van der Waals surface area contributed by atoms with Crippen molar-refractivity contribution in [3.63, 3.8) is 0 Å². The highest BCUT2D eigenvalue weighted by Gasteiger charge is 1.84. The summed E-state index contributed by atoms with van der Waals surface area (Å²) >= 11 is 3.40. The minimum atomic E-state index is 1.23. The van der Waals surface area contributed by atoms with Gasteiger partial charge in [0, 0.05) is 0 Å². The molecule has 0 heterocycles. The van der Waals surface area contributed by atoms with Crippen LogP contribution < -0.4 is 0 Å². The quantitative estimate of drug-likeness (QED) is 0.588. The maximum Gasteiger partial charge on any atom is -0.0120 e. The second-order valence-corrected chi connectivity index (χ2v) is 3.89. The zero-order valence-electron chi connectivity index (χ0n) is 6.99. The van der Waals surface area contributed by atoms with Crippen molar-refractivity contribution in [1.82, 2.24) is 0 Å². The summed E-state index contributed by atoms with van der Waals surface area (Å²) in [5, 5.41) is 0. The summed E-state index contributed by atoms with van der Waals surface area (Å²) in [5.41, 5.74) is 0. The highest BCUT2D eigenvalue weighted by Crippen LogP contribution is 2.08. The molecule has 10 heavy (non-hydrogen) atoms. The molecule has 0 bridgehead atoms. The predicted octanol–water partition coefficient (Wildman–Crippen LogP) is 4.26. The SMILES string of the molecule is CCCCCC/C=C(/C)Br. The molecule has 0 saturated carbocycles. The molecule has 0 nitrogen and oxygen atoms in total. The van der Waals surface area contributed by atoms with Crippen LogP contribution in [0.15, 0.2) is 10.6 Å². The van der Waals surface area contributed by atoms with Gasteiger partial charge in [0.25, 0.3) is 0 Å². The Kier molecular flexibility index (Phi) is 7.49. The van der Waals surface area contributed by atoms with Crippen molar-refractivity contribution in [2.75, 3.05) is 0 Å². The van der Waals surface area contributed by atoms with Crippen LogP contribution in [-0.4, -0.2) is 0 Å². The van der Waals surface area contributed by atoms with Crippen molar-refractivity contribution in [3.05, 3.63) is 10.6 Å². The van der Waals surface area contributed by atoms with E-state index in [0.29, 0.717) is 0 Å². The molecule has 60 valence electrons. The lowest BCUT2D eigenvalue weighted by molar-refractivity contribution is 0.674. The summed E-state index contributed by atoms with van der Waals surface area (Å²) in [7, 11) is 0. The molecule has 0 saturated heterocycles. The molecule has 0 N–H and O–H groups in total. The Hall–Kier alpha value is 0.220. The molecule has 0 aromatic rings. The third-order valence-corrected chi connectivity index (χ3v) is 1.81. The highest BCUT2D eigenvalue weighted by molar-refractivity contribution is 9.11. The Labute approximate surface area is 72.8 Å². The lowest BCUT2D eigenvalue weighted by Crippen LogP contribution is -1.73. The molecule has 1 heteroatoms. The molecule has 0 fully saturated rings. The van der Waals surface area contributed by atoms with Gasteiger partial charge in [0.15, 0.2) is 0 Å². The standard InChI is InChI=1S/C9H17Br/c1-3-4-5-6-7-8-9(2)10/h8H,3-7H2,1-2H3/b9-8-. The van der Waals surface area contributed by atoms with Gasteiger partial charge in [0.05, 0.1) is 0 Å². The van der Waals surface area contributed by atoms with E-state index in [4.69, 9.17) is 0 Å². The van der Waals surface area contributed by atoms with Crippen LogP contribution in [0.4, 0.5) is 0 Å². The van der Waals surface area contributed by atoms with Crippen LogP contribution in [0.3, 0.4) is 0 Å². The van der Waals surface area contributed by atoms with Crippen LogP contribution in [-0.2, 0) is 0 Å². The van der Waals surface area contributed by atoms with Gasteiger partial charge in [-0.05, 0) is 24.2 Å². The molecular formula is C9H17Br. The fourth-order valence-electron chi connectivity index (χ4n) is 0.872. The monoisotopic (exact) mass is 204 g/mol. The summed E-state index contributed by atoms with van der Waals surface area (Å²) in [6, 6.07) is 0. The van der Waals surface area contributed by atoms with Crippen molar-refractivity contribution < 1.29 is 0 Å². The molecule has 0 radical (unpaired) electrons. The number of halogens is 1. The van der Waals surface area contributed by atoms with E-state index >= 15 is 0 Å². The van der Waals surface area contributed by atoms with E-state index in [2.05, 4.69) is 35.9 Å². The van der Waals surface area contributed by atoms with E-state index in [0.717, 1.165) is 0 Å². The van der Waals surface area contributed by atoms with Crippen LogP contribution >= 0.6 is 15.9 Å². The van der Waals surface area contributed by atoms with E-state index < -0.39 is 0 Å². The van der Waals surface area contributed by atoms with Crippen molar-refractivity contribution >= 4 is 15.9 Å². The summed E-state index contributed by atoms with van der Waals surface area (Å²) in [6.45, 7) is 4.32. The molecule has 0 aliphatic rings. The molecule has 0 rings (SSSR count). The third-order valence-electron chi connectivity index (χ3n) is 1.48. The Morgan fingerprint density at radius 3 is 2.50 bits per heavy atom. The van der Waals surface area contributed by atoms with Crippen LogP contribution in [0.25, 0.3) is 0 Å². The molecule has 0 aliphatic carbocycles. The molecule has 0 unspecified atom stereocenters. The van der Waals surface area contributed by atoms with E-state index in [1.54, 1.807) is 0 Å². The first kappa shape index (κ1) is 10.2. The number of hydrogen-bond donors (Lipinski definition) is 0. The molecule has 0 aromatic heterocycles. The molecule has 0 spiro atoms. The number of allylic oxidation sites excluding steroid dienone is 2. The first-order valence-corrected chi connectivity index (χ1v) is 4.89. The van der Waals surface area contributed by atoms with Gasteiger partial charge in [-0.15, -0.1) is 0 Å². The zero-order chi connectivity index (χ0) is 7.82.